The SMILES string of the molecule is Clc1ccc(CNCC2COC=N2)cc1. The van der Waals surface area contributed by atoms with Crippen molar-refractivity contribution in [3.8, 4) is 0 Å². The second-order valence-corrected chi connectivity index (χ2v) is 3.94. The summed E-state index contributed by atoms with van der Waals surface area (Å²) in [4.78, 5) is 4.15. The second-order valence-electron chi connectivity index (χ2n) is 3.50. The summed E-state index contributed by atoms with van der Waals surface area (Å²) in [5.41, 5.74) is 1.22. The van der Waals surface area contributed by atoms with Crippen LogP contribution in [0.5, 0.6) is 0 Å². The van der Waals surface area contributed by atoms with Crippen LogP contribution in [-0.2, 0) is 11.3 Å². The third-order valence-electron chi connectivity index (χ3n) is 2.26. The zero-order valence-corrected chi connectivity index (χ0v) is 9.07. The highest BCUT2D eigenvalue weighted by Crippen LogP contribution is 2.09. The molecule has 1 aromatic rings. The molecule has 15 heavy (non-hydrogen) atoms. The van der Waals surface area contributed by atoms with Gasteiger partial charge in [0.1, 0.15) is 6.61 Å². The van der Waals surface area contributed by atoms with Gasteiger partial charge in [0.05, 0.1) is 6.04 Å². The first-order valence-electron chi connectivity index (χ1n) is 4.93. The third-order valence-corrected chi connectivity index (χ3v) is 2.51. The lowest BCUT2D eigenvalue weighted by Gasteiger charge is -2.07. The monoisotopic (exact) mass is 224 g/mol. The minimum Gasteiger partial charge on any atom is -0.481 e. The molecule has 0 saturated carbocycles. The normalized spacial score (nSPS) is 19.1. The summed E-state index contributed by atoms with van der Waals surface area (Å²) in [6.07, 6.45) is 1.52. The van der Waals surface area contributed by atoms with Crippen LogP contribution in [0.25, 0.3) is 0 Å². The summed E-state index contributed by atoms with van der Waals surface area (Å²) >= 11 is 5.79. The summed E-state index contributed by atoms with van der Waals surface area (Å²) < 4.78 is 5.03. The number of halogens is 1. The highest BCUT2D eigenvalue weighted by Gasteiger charge is 2.10. The Kier molecular flexibility index (Phi) is 3.59. The van der Waals surface area contributed by atoms with Crippen LogP contribution in [0.2, 0.25) is 5.02 Å². The van der Waals surface area contributed by atoms with Gasteiger partial charge in [-0.25, -0.2) is 0 Å². The van der Waals surface area contributed by atoms with Crippen LogP contribution in [0.15, 0.2) is 29.3 Å². The van der Waals surface area contributed by atoms with Gasteiger partial charge in [-0.15, -0.1) is 0 Å². The summed E-state index contributed by atoms with van der Waals surface area (Å²) in [5.74, 6) is 0. The zero-order chi connectivity index (χ0) is 10.5. The van der Waals surface area contributed by atoms with Gasteiger partial charge in [0.2, 0.25) is 0 Å². The predicted octanol–water partition coefficient (Wildman–Crippen LogP) is 1.86. The molecule has 1 N–H and O–H groups in total. The van der Waals surface area contributed by atoms with Crippen molar-refractivity contribution in [3.63, 3.8) is 0 Å². The van der Waals surface area contributed by atoms with Crippen molar-refractivity contribution in [1.82, 2.24) is 5.32 Å². The Morgan fingerprint density at radius 2 is 2.20 bits per heavy atom. The molecule has 80 valence electrons. The maximum absolute atomic E-state index is 5.79. The van der Waals surface area contributed by atoms with E-state index in [1.165, 1.54) is 12.0 Å². The maximum Gasteiger partial charge on any atom is 0.169 e. The van der Waals surface area contributed by atoms with E-state index in [0.29, 0.717) is 6.61 Å². The molecule has 0 amide bonds. The first-order chi connectivity index (χ1) is 7.34. The first kappa shape index (κ1) is 10.5. The fourth-order valence-corrected chi connectivity index (χ4v) is 1.55. The maximum atomic E-state index is 5.79. The molecule has 0 fully saturated rings. The molecule has 0 spiro atoms. The molecule has 1 unspecified atom stereocenters. The molecule has 1 aliphatic rings. The van der Waals surface area contributed by atoms with Gasteiger partial charge in [-0.05, 0) is 17.7 Å². The minimum absolute atomic E-state index is 0.261. The Morgan fingerprint density at radius 3 is 2.87 bits per heavy atom. The van der Waals surface area contributed by atoms with E-state index in [-0.39, 0.29) is 6.04 Å². The smallest absolute Gasteiger partial charge is 0.169 e. The quantitative estimate of drug-likeness (QED) is 0.847. The van der Waals surface area contributed by atoms with Crippen molar-refractivity contribution in [3.05, 3.63) is 34.9 Å². The molecule has 0 saturated heterocycles. The number of nitrogens with zero attached hydrogens (tertiary/aromatic N) is 1. The van der Waals surface area contributed by atoms with Gasteiger partial charge in [0, 0.05) is 18.1 Å². The number of hydrogen-bond donors (Lipinski definition) is 1. The molecular formula is C11H13ClN2O. The molecule has 0 bridgehead atoms. The highest BCUT2D eigenvalue weighted by atomic mass is 35.5. The van der Waals surface area contributed by atoms with Gasteiger partial charge in [-0.1, -0.05) is 23.7 Å². The van der Waals surface area contributed by atoms with Crippen LogP contribution in [0.4, 0.5) is 0 Å². The van der Waals surface area contributed by atoms with Gasteiger partial charge in [0.15, 0.2) is 6.40 Å². The number of nitrogens with one attached hydrogen (secondary N) is 1. The number of benzene rings is 1. The largest absolute Gasteiger partial charge is 0.481 e. The average molecular weight is 225 g/mol. The van der Waals surface area contributed by atoms with Crippen molar-refractivity contribution in [1.29, 1.82) is 0 Å². The lowest BCUT2D eigenvalue weighted by Crippen LogP contribution is -2.26. The van der Waals surface area contributed by atoms with Gasteiger partial charge in [-0.3, -0.25) is 4.99 Å². The van der Waals surface area contributed by atoms with E-state index >= 15 is 0 Å². The summed E-state index contributed by atoms with van der Waals surface area (Å²) in [6, 6.07) is 8.09. The van der Waals surface area contributed by atoms with Crippen molar-refractivity contribution in [2.75, 3.05) is 13.2 Å². The Labute approximate surface area is 94.1 Å². The van der Waals surface area contributed by atoms with Gasteiger partial charge < -0.3 is 10.1 Å². The molecule has 1 heterocycles. The topological polar surface area (TPSA) is 33.6 Å². The molecule has 0 radical (unpaired) electrons. The van der Waals surface area contributed by atoms with Crippen LogP contribution in [-0.4, -0.2) is 25.6 Å². The van der Waals surface area contributed by atoms with Crippen molar-refractivity contribution in [2.45, 2.75) is 12.6 Å². The molecule has 4 heteroatoms. The Hall–Kier alpha value is -1.06. The molecule has 3 nitrogen and oxygen atoms in total. The average Bonchev–Trinajstić information content (AvgIpc) is 2.74. The third kappa shape index (κ3) is 3.22. The highest BCUT2D eigenvalue weighted by molar-refractivity contribution is 6.30. The molecule has 1 aromatic carbocycles. The first-order valence-corrected chi connectivity index (χ1v) is 5.31. The molecule has 0 aliphatic carbocycles. The lowest BCUT2D eigenvalue weighted by atomic mass is 10.2. The van der Waals surface area contributed by atoms with Crippen LogP contribution < -0.4 is 5.32 Å². The fraction of sp³-hybridized carbons (Fsp3) is 0.364. The van der Waals surface area contributed by atoms with E-state index in [9.17, 15) is 0 Å². The molecule has 1 aliphatic heterocycles. The second kappa shape index (κ2) is 5.14. The Balaban J connectivity index is 1.73. The molecule has 1 atom stereocenters. The van der Waals surface area contributed by atoms with Crippen LogP contribution in [0.1, 0.15) is 5.56 Å². The van der Waals surface area contributed by atoms with Gasteiger partial charge in [-0.2, -0.15) is 0 Å². The number of aliphatic imine (C=N–C) groups is 1. The van der Waals surface area contributed by atoms with E-state index in [4.69, 9.17) is 16.3 Å². The Bertz CT molecular complexity index is 337. The summed E-state index contributed by atoms with van der Waals surface area (Å²) in [6.45, 7) is 2.37. The van der Waals surface area contributed by atoms with E-state index in [1.54, 1.807) is 0 Å². The van der Waals surface area contributed by atoms with Crippen LogP contribution >= 0.6 is 11.6 Å². The van der Waals surface area contributed by atoms with Crippen molar-refractivity contribution >= 4 is 18.0 Å². The van der Waals surface area contributed by atoms with Crippen molar-refractivity contribution < 1.29 is 4.74 Å². The van der Waals surface area contributed by atoms with E-state index in [0.717, 1.165) is 18.1 Å². The van der Waals surface area contributed by atoms with Gasteiger partial charge >= 0.3 is 0 Å². The fourth-order valence-electron chi connectivity index (χ4n) is 1.42. The van der Waals surface area contributed by atoms with E-state index < -0.39 is 0 Å². The van der Waals surface area contributed by atoms with E-state index in [1.807, 2.05) is 24.3 Å². The molecular weight excluding hydrogens is 212 g/mol. The number of hydrogen-bond acceptors (Lipinski definition) is 3. The summed E-state index contributed by atoms with van der Waals surface area (Å²) in [7, 11) is 0. The lowest BCUT2D eigenvalue weighted by molar-refractivity contribution is 0.323. The number of ether oxygens (including phenoxy) is 1. The van der Waals surface area contributed by atoms with E-state index in [2.05, 4.69) is 10.3 Å². The van der Waals surface area contributed by atoms with Crippen LogP contribution in [0.3, 0.4) is 0 Å². The van der Waals surface area contributed by atoms with Crippen LogP contribution in [0, 0.1) is 0 Å². The molecule has 0 aromatic heterocycles. The minimum atomic E-state index is 0.261. The number of rotatable bonds is 4. The predicted molar refractivity (Wildman–Crippen MR) is 61.4 cm³/mol. The molecule has 2 rings (SSSR count). The zero-order valence-electron chi connectivity index (χ0n) is 8.32. The summed E-state index contributed by atoms with van der Waals surface area (Å²) in [5, 5.41) is 4.10. The standard InChI is InChI=1S/C11H13ClN2O/c12-10-3-1-9(2-4-10)5-13-6-11-7-15-8-14-11/h1-4,8,11,13H,5-7H2. The van der Waals surface area contributed by atoms with Gasteiger partial charge in [0.25, 0.3) is 0 Å². The van der Waals surface area contributed by atoms with Crippen molar-refractivity contribution in [2.24, 2.45) is 4.99 Å². The Morgan fingerprint density at radius 1 is 1.40 bits per heavy atom.